The van der Waals surface area contributed by atoms with Gasteiger partial charge in [0.25, 0.3) is 0 Å². The van der Waals surface area contributed by atoms with Crippen LogP contribution in [-0.4, -0.2) is 80.4 Å². The van der Waals surface area contributed by atoms with E-state index in [0.717, 1.165) is 42.0 Å². The zero-order valence-electron chi connectivity index (χ0n) is 21.8. The lowest BCUT2D eigenvalue weighted by Crippen LogP contribution is -2.60. The summed E-state index contributed by atoms with van der Waals surface area (Å²) in [7, 11) is 0. The van der Waals surface area contributed by atoms with Crippen molar-refractivity contribution in [3.8, 4) is 5.75 Å². The number of hydrogen-bond donors (Lipinski definition) is 5. The van der Waals surface area contributed by atoms with Gasteiger partial charge in [-0.3, -0.25) is 14.4 Å². The van der Waals surface area contributed by atoms with Crippen molar-refractivity contribution in [2.24, 2.45) is 5.92 Å². The van der Waals surface area contributed by atoms with Gasteiger partial charge in [0.05, 0.1) is 18.4 Å². The molecule has 1 aliphatic carbocycles. The molecule has 1 fully saturated rings. The standard InChI is InChI=1S/C27H36O11/c1-13(2)15-5-6-16-9-19(18(28)7-14(3)17(16)8-15)37-26-25(34)24(33)23(32)20(38-26)12-36-22(31)11-27(4,35)10-21(29)30/h7,9,15,20,23-26,32-35H,1,5-6,8,10-12H2,2-4H3,(H,29,30). The van der Waals surface area contributed by atoms with Gasteiger partial charge in [-0.1, -0.05) is 12.2 Å². The summed E-state index contributed by atoms with van der Waals surface area (Å²) >= 11 is 0. The van der Waals surface area contributed by atoms with Crippen LogP contribution in [0.25, 0.3) is 0 Å². The lowest BCUT2D eigenvalue weighted by Gasteiger charge is -2.39. The first-order valence-corrected chi connectivity index (χ1v) is 12.5. The first-order valence-electron chi connectivity index (χ1n) is 12.5. The van der Waals surface area contributed by atoms with Crippen LogP contribution in [0.3, 0.4) is 0 Å². The summed E-state index contributed by atoms with van der Waals surface area (Å²) in [6.07, 6.45) is -7.06. The second kappa shape index (κ2) is 11.9. The lowest BCUT2D eigenvalue weighted by molar-refractivity contribution is -0.278. The van der Waals surface area contributed by atoms with Gasteiger partial charge in [-0.05, 0) is 74.8 Å². The van der Waals surface area contributed by atoms with Crippen LogP contribution in [0.1, 0.15) is 49.8 Å². The molecule has 11 nitrogen and oxygen atoms in total. The first-order chi connectivity index (χ1) is 17.7. The van der Waals surface area contributed by atoms with Crippen molar-refractivity contribution in [3.63, 3.8) is 0 Å². The number of carbonyl (C=O) groups excluding carboxylic acids is 1. The Kier molecular flexibility index (Phi) is 9.32. The quantitative estimate of drug-likeness (QED) is 0.217. The number of fused-ring (bicyclic) bond motifs is 1. The topological polar surface area (TPSA) is 180 Å². The summed E-state index contributed by atoms with van der Waals surface area (Å²) in [4.78, 5) is 35.9. The Morgan fingerprint density at radius 1 is 1.16 bits per heavy atom. The van der Waals surface area contributed by atoms with Crippen molar-refractivity contribution < 1.29 is 49.3 Å². The molecule has 7 unspecified atom stereocenters. The molecule has 1 aliphatic heterocycles. The van der Waals surface area contributed by atoms with Crippen molar-refractivity contribution in [2.45, 2.75) is 89.2 Å². The molecule has 1 aromatic rings. The Morgan fingerprint density at radius 3 is 2.47 bits per heavy atom. The number of hydrogen-bond acceptors (Lipinski definition) is 10. The highest BCUT2D eigenvalue weighted by atomic mass is 16.7. The Balaban J connectivity index is 1.75. The molecular formula is C27H36O11. The summed E-state index contributed by atoms with van der Waals surface area (Å²) < 4.78 is 16.3. The van der Waals surface area contributed by atoms with Crippen molar-refractivity contribution in [1.82, 2.24) is 0 Å². The van der Waals surface area contributed by atoms with Gasteiger partial charge in [-0.2, -0.15) is 0 Å². The number of ether oxygens (including phenoxy) is 3. The molecule has 1 saturated heterocycles. The number of carbonyl (C=O) groups is 2. The highest BCUT2D eigenvalue weighted by Gasteiger charge is 2.46. The van der Waals surface area contributed by atoms with E-state index >= 15 is 0 Å². The smallest absolute Gasteiger partial charge is 0.308 e. The van der Waals surface area contributed by atoms with Crippen LogP contribution in [0.15, 0.2) is 29.1 Å². The number of carboxylic acid groups (broad SMARTS) is 1. The number of aliphatic hydroxyl groups is 4. The van der Waals surface area contributed by atoms with Gasteiger partial charge in [0, 0.05) is 0 Å². The number of aliphatic hydroxyl groups excluding tert-OH is 3. The molecule has 2 aliphatic rings. The summed E-state index contributed by atoms with van der Waals surface area (Å²) in [5, 5.41) is 50.0. The minimum atomic E-state index is -1.86. The average Bonchev–Trinajstić information content (AvgIpc) is 2.92. The largest absolute Gasteiger partial charge is 0.481 e. The Morgan fingerprint density at radius 2 is 1.84 bits per heavy atom. The predicted molar refractivity (Wildman–Crippen MR) is 134 cm³/mol. The van der Waals surface area contributed by atoms with E-state index in [9.17, 15) is 34.8 Å². The number of aliphatic carboxylic acids is 1. The fourth-order valence-electron chi connectivity index (χ4n) is 4.83. The lowest BCUT2D eigenvalue weighted by atomic mass is 9.80. The van der Waals surface area contributed by atoms with Crippen LogP contribution in [-0.2, 0) is 31.9 Å². The van der Waals surface area contributed by atoms with Gasteiger partial charge >= 0.3 is 11.9 Å². The average molecular weight is 537 g/mol. The van der Waals surface area contributed by atoms with E-state index in [4.69, 9.17) is 19.3 Å². The van der Waals surface area contributed by atoms with Crippen molar-refractivity contribution in [2.75, 3.05) is 6.61 Å². The van der Waals surface area contributed by atoms with Gasteiger partial charge in [0.15, 0.2) is 5.75 Å². The van der Waals surface area contributed by atoms with E-state index in [0.29, 0.717) is 12.3 Å². The minimum absolute atomic E-state index is 0.101. The SMILES string of the molecule is C=C(C)C1CCc2cc(OC3OC(COC(=O)CC(C)(O)CC(=O)O)C(O)C(O)C3O)c(=O)cc(C)c2C1. The summed E-state index contributed by atoms with van der Waals surface area (Å²) in [6, 6.07) is 3.05. The number of esters is 1. The Bertz CT molecular complexity index is 1130. The van der Waals surface area contributed by atoms with E-state index < -0.39 is 73.1 Å². The maximum absolute atomic E-state index is 12.9. The van der Waals surface area contributed by atoms with Crippen LogP contribution in [0.4, 0.5) is 0 Å². The molecule has 0 radical (unpaired) electrons. The van der Waals surface area contributed by atoms with Gasteiger partial charge in [0.2, 0.25) is 11.7 Å². The summed E-state index contributed by atoms with van der Waals surface area (Å²) in [5.74, 6) is -2.06. The Labute approximate surface area is 220 Å². The highest BCUT2D eigenvalue weighted by Crippen LogP contribution is 2.32. The molecule has 1 heterocycles. The number of allylic oxidation sites excluding steroid dienone is 1. The third-order valence-electron chi connectivity index (χ3n) is 7.05. The van der Waals surface area contributed by atoms with E-state index in [1.807, 2.05) is 13.8 Å². The number of carboxylic acids is 1. The molecule has 5 N–H and O–H groups in total. The fraction of sp³-hybridized carbons (Fsp3) is 0.593. The molecule has 0 bridgehead atoms. The second-order valence-electron chi connectivity index (χ2n) is 10.5. The third-order valence-corrected chi connectivity index (χ3v) is 7.05. The molecule has 0 aromatic heterocycles. The van der Waals surface area contributed by atoms with Crippen molar-refractivity contribution in [1.29, 1.82) is 0 Å². The summed E-state index contributed by atoms with van der Waals surface area (Å²) in [6.45, 7) is 8.45. The third kappa shape index (κ3) is 7.17. The number of aryl methyl sites for hydroxylation is 2. The maximum Gasteiger partial charge on any atom is 0.308 e. The molecular weight excluding hydrogens is 500 g/mol. The molecule has 0 saturated carbocycles. The van der Waals surface area contributed by atoms with Gasteiger partial charge < -0.3 is 39.7 Å². The highest BCUT2D eigenvalue weighted by molar-refractivity contribution is 5.73. The van der Waals surface area contributed by atoms with E-state index in [2.05, 4.69) is 6.58 Å². The molecule has 3 rings (SSSR count). The predicted octanol–water partition coefficient (Wildman–Crippen LogP) is 0.382. The van der Waals surface area contributed by atoms with E-state index in [1.165, 1.54) is 6.07 Å². The number of rotatable bonds is 9. The molecule has 7 atom stereocenters. The molecule has 38 heavy (non-hydrogen) atoms. The van der Waals surface area contributed by atoms with Crippen LogP contribution in [0, 0.1) is 12.8 Å². The molecule has 0 amide bonds. The molecule has 11 heteroatoms. The first kappa shape index (κ1) is 29.7. The normalized spacial score (nSPS) is 28.5. The van der Waals surface area contributed by atoms with Gasteiger partial charge in [-0.25, -0.2) is 0 Å². The minimum Gasteiger partial charge on any atom is -0.481 e. The zero-order valence-corrected chi connectivity index (χ0v) is 21.8. The van der Waals surface area contributed by atoms with E-state index in [-0.39, 0.29) is 5.75 Å². The zero-order chi connectivity index (χ0) is 28.4. The molecule has 0 spiro atoms. The van der Waals surface area contributed by atoms with Gasteiger partial charge in [0.1, 0.15) is 31.0 Å². The van der Waals surface area contributed by atoms with Crippen molar-refractivity contribution >= 4 is 11.9 Å². The molecule has 210 valence electrons. The fourth-order valence-corrected chi connectivity index (χ4v) is 4.83. The van der Waals surface area contributed by atoms with Crippen LogP contribution in [0.5, 0.6) is 5.75 Å². The van der Waals surface area contributed by atoms with Crippen LogP contribution >= 0.6 is 0 Å². The van der Waals surface area contributed by atoms with Crippen molar-refractivity contribution in [3.05, 3.63) is 51.2 Å². The second-order valence-corrected chi connectivity index (χ2v) is 10.5. The van der Waals surface area contributed by atoms with Crippen LogP contribution in [0.2, 0.25) is 0 Å². The monoisotopic (exact) mass is 536 g/mol. The van der Waals surface area contributed by atoms with E-state index in [1.54, 1.807) is 6.07 Å². The summed E-state index contributed by atoms with van der Waals surface area (Å²) in [5.41, 5.74) is 1.51. The maximum atomic E-state index is 12.9. The Hall–Kier alpha value is -2.83. The van der Waals surface area contributed by atoms with Crippen LogP contribution < -0.4 is 10.2 Å². The van der Waals surface area contributed by atoms with Gasteiger partial charge in [-0.15, -0.1) is 0 Å². The molecule has 1 aromatic carbocycles.